The Hall–Kier alpha value is -2.82. The van der Waals surface area contributed by atoms with E-state index in [-0.39, 0.29) is 18.7 Å². The Morgan fingerprint density at radius 3 is 2.76 bits per heavy atom. The molecular formula is C22H26ClFN6O3. The number of aliphatic hydroxyl groups is 2. The number of hydrogen-bond donors (Lipinski definition) is 4. The topological polar surface area (TPSA) is 125 Å². The van der Waals surface area contributed by atoms with E-state index in [0.717, 1.165) is 6.42 Å². The lowest BCUT2D eigenvalue weighted by Crippen LogP contribution is -2.44. The zero-order valence-corrected chi connectivity index (χ0v) is 19.1. The van der Waals surface area contributed by atoms with E-state index >= 15 is 0 Å². The summed E-state index contributed by atoms with van der Waals surface area (Å²) in [6, 6.07) is 1.67. The third kappa shape index (κ3) is 5.07. The van der Waals surface area contributed by atoms with Gasteiger partial charge in [0.2, 0.25) is 0 Å². The number of fused-ring (bicyclic) bond motifs is 1. The molecule has 33 heavy (non-hydrogen) atoms. The molecule has 176 valence electrons. The second-order valence-corrected chi connectivity index (χ2v) is 9.41. The van der Waals surface area contributed by atoms with Crippen LogP contribution in [-0.4, -0.2) is 66.2 Å². The van der Waals surface area contributed by atoms with Crippen molar-refractivity contribution < 1.29 is 19.4 Å². The maximum Gasteiger partial charge on any atom is 0.255 e. The lowest BCUT2D eigenvalue weighted by Gasteiger charge is -2.37. The highest BCUT2D eigenvalue weighted by Crippen LogP contribution is 2.33. The summed E-state index contributed by atoms with van der Waals surface area (Å²) in [5.41, 5.74) is -0.0944. The number of nitrogens with one attached hydrogen (secondary N) is 2. The minimum Gasteiger partial charge on any atom is -0.388 e. The maximum absolute atomic E-state index is 14.1. The number of pyridine rings is 1. The maximum atomic E-state index is 14.1. The number of nitrogens with zero attached hydrogens (tertiary/aromatic N) is 4. The van der Waals surface area contributed by atoms with Crippen molar-refractivity contribution in [3.8, 4) is 11.3 Å². The van der Waals surface area contributed by atoms with E-state index in [0.29, 0.717) is 40.5 Å². The van der Waals surface area contributed by atoms with Crippen molar-refractivity contribution >= 4 is 28.8 Å². The van der Waals surface area contributed by atoms with Gasteiger partial charge in [0.1, 0.15) is 6.17 Å². The van der Waals surface area contributed by atoms with Gasteiger partial charge in [-0.25, -0.2) is 13.9 Å². The number of halogens is 2. The van der Waals surface area contributed by atoms with E-state index in [4.69, 9.17) is 11.6 Å². The molecule has 4 N–H and O–H groups in total. The van der Waals surface area contributed by atoms with E-state index < -0.39 is 23.3 Å². The molecule has 1 saturated carbocycles. The van der Waals surface area contributed by atoms with E-state index in [1.165, 1.54) is 30.8 Å². The number of hydrogen-bond acceptors (Lipinski definition) is 7. The summed E-state index contributed by atoms with van der Waals surface area (Å²) in [6.45, 7) is 2.58. The second kappa shape index (κ2) is 8.85. The average molecular weight is 477 g/mol. The highest BCUT2D eigenvalue weighted by atomic mass is 35.5. The molecule has 0 spiro atoms. The molecular weight excluding hydrogens is 451 g/mol. The Morgan fingerprint density at radius 2 is 2.09 bits per heavy atom. The molecule has 1 aliphatic carbocycles. The van der Waals surface area contributed by atoms with Crippen LogP contribution in [0.2, 0.25) is 5.02 Å². The van der Waals surface area contributed by atoms with Gasteiger partial charge in [0, 0.05) is 18.9 Å². The molecule has 3 aromatic rings. The Kier molecular flexibility index (Phi) is 6.26. The molecule has 0 bridgehead atoms. The number of aromatic nitrogens is 4. The first-order chi connectivity index (χ1) is 15.6. The molecule has 11 heteroatoms. The molecule has 0 aliphatic heterocycles. The third-order valence-corrected chi connectivity index (χ3v) is 6.05. The Morgan fingerprint density at radius 1 is 1.33 bits per heavy atom. The number of rotatable bonds is 8. The standard InChI is InChI=1S/C22H26ClFN6O3/c1-21(2,32)18(24)10-27-20(31)15-8-25-16(6-17(15)28-12-22(33)4-3-5-22)14-9-29-30-11-13(23)7-26-19(14)30/h6-9,11,18,32-33H,3-5,10,12H2,1-2H3,(H,25,28)(H,27,31)/t18-/m1/s1. The third-order valence-electron chi connectivity index (χ3n) is 5.85. The van der Waals surface area contributed by atoms with Gasteiger partial charge in [0.15, 0.2) is 5.65 Å². The zero-order valence-electron chi connectivity index (χ0n) is 18.3. The van der Waals surface area contributed by atoms with Crippen molar-refractivity contribution in [1.29, 1.82) is 0 Å². The summed E-state index contributed by atoms with van der Waals surface area (Å²) in [4.78, 5) is 21.5. The first-order valence-electron chi connectivity index (χ1n) is 10.7. The number of amides is 1. The van der Waals surface area contributed by atoms with Crippen LogP contribution < -0.4 is 10.6 Å². The smallest absolute Gasteiger partial charge is 0.255 e. The molecule has 0 saturated heterocycles. The van der Waals surface area contributed by atoms with Gasteiger partial charge in [-0.1, -0.05) is 11.6 Å². The molecule has 3 heterocycles. The molecule has 0 radical (unpaired) electrons. The molecule has 1 aliphatic rings. The molecule has 0 aromatic carbocycles. The highest BCUT2D eigenvalue weighted by Gasteiger charge is 2.34. The van der Waals surface area contributed by atoms with Gasteiger partial charge < -0.3 is 20.8 Å². The lowest BCUT2D eigenvalue weighted by molar-refractivity contribution is -0.0202. The van der Waals surface area contributed by atoms with Gasteiger partial charge >= 0.3 is 0 Å². The molecule has 4 rings (SSSR count). The molecule has 1 atom stereocenters. The highest BCUT2D eigenvalue weighted by molar-refractivity contribution is 6.30. The van der Waals surface area contributed by atoms with Crippen molar-refractivity contribution in [2.75, 3.05) is 18.4 Å². The lowest BCUT2D eigenvalue weighted by atomic mass is 9.80. The van der Waals surface area contributed by atoms with Crippen LogP contribution in [0.5, 0.6) is 0 Å². The van der Waals surface area contributed by atoms with Gasteiger partial charge in [-0.05, 0) is 39.2 Å². The van der Waals surface area contributed by atoms with Gasteiger partial charge in [0.25, 0.3) is 5.91 Å². The Bertz CT molecular complexity index is 1170. The van der Waals surface area contributed by atoms with E-state index in [2.05, 4.69) is 25.7 Å². The van der Waals surface area contributed by atoms with Crippen LogP contribution in [0.4, 0.5) is 10.1 Å². The predicted octanol–water partition coefficient (Wildman–Crippen LogP) is 2.61. The fraction of sp³-hybridized carbons (Fsp3) is 0.455. The minimum atomic E-state index is -1.64. The predicted molar refractivity (Wildman–Crippen MR) is 122 cm³/mol. The summed E-state index contributed by atoms with van der Waals surface area (Å²) in [6.07, 6.45) is 6.76. The second-order valence-electron chi connectivity index (χ2n) is 8.98. The minimum absolute atomic E-state index is 0.192. The first-order valence-corrected chi connectivity index (χ1v) is 11.0. The monoisotopic (exact) mass is 476 g/mol. The average Bonchev–Trinajstić information content (AvgIpc) is 3.16. The van der Waals surface area contributed by atoms with Crippen molar-refractivity contribution in [3.63, 3.8) is 0 Å². The molecule has 0 unspecified atom stereocenters. The van der Waals surface area contributed by atoms with Crippen molar-refractivity contribution in [2.45, 2.75) is 50.5 Å². The summed E-state index contributed by atoms with van der Waals surface area (Å²) < 4.78 is 15.6. The van der Waals surface area contributed by atoms with Crippen LogP contribution in [0, 0.1) is 0 Å². The van der Waals surface area contributed by atoms with E-state index in [1.807, 2.05) is 0 Å². The SMILES string of the molecule is CC(C)(O)[C@H](F)CNC(=O)c1cnc(-c2cnn3cc(Cl)cnc23)cc1NCC1(O)CCC1. The Balaban J connectivity index is 1.63. The fourth-order valence-corrected chi connectivity index (χ4v) is 3.65. The summed E-state index contributed by atoms with van der Waals surface area (Å²) in [5.74, 6) is -0.547. The van der Waals surface area contributed by atoms with Crippen LogP contribution in [0.3, 0.4) is 0 Å². The van der Waals surface area contributed by atoms with Crippen molar-refractivity contribution in [3.05, 3.63) is 41.4 Å². The zero-order chi connectivity index (χ0) is 23.8. The number of carbonyl (C=O) groups is 1. The summed E-state index contributed by atoms with van der Waals surface area (Å²) >= 11 is 5.98. The van der Waals surface area contributed by atoms with Gasteiger partial charge in [0.05, 0.1) is 57.7 Å². The summed E-state index contributed by atoms with van der Waals surface area (Å²) in [5, 5.41) is 30.6. The van der Waals surface area contributed by atoms with Crippen LogP contribution in [0.25, 0.3) is 16.9 Å². The van der Waals surface area contributed by atoms with Crippen LogP contribution in [0.15, 0.2) is 30.9 Å². The first kappa shape index (κ1) is 23.3. The van der Waals surface area contributed by atoms with Crippen molar-refractivity contribution in [2.24, 2.45) is 0 Å². The van der Waals surface area contributed by atoms with Crippen LogP contribution >= 0.6 is 11.6 Å². The van der Waals surface area contributed by atoms with Crippen LogP contribution in [0.1, 0.15) is 43.5 Å². The summed E-state index contributed by atoms with van der Waals surface area (Å²) in [7, 11) is 0. The molecule has 1 amide bonds. The largest absolute Gasteiger partial charge is 0.388 e. The fourth-order valence-electron chi connectivity index (χ4n) is 3.51. The number of alkyl halides is 1. The molecule has 1 fully saturated rings. The van der Waals surface area contributed by atoms with E-state index in [9.17, 15) is 19.4 Å². The number of carbonyl (C=O) groups excluding carboxylic acids is 1. The van der Waals surface area contributed by atoms with Gasteiger partial charge in [-0.3, -0.25) is 9.78 Å². The molecule has 9 nitrogen and oxygen atoms in total. The quantitative estimate of drug-likeness (QED) is 0.394. The van der Waals surface area contributed by atoms with Gasteiger partial charge in [-0.2, -0.15) is 5.10 Å². The normalized spacial score (nSPS) is 16.3. The molecule has 3 aromatic heterocycles. The van der Waals surface area contributed by atoms with E-state index in [1.54, 1.807) is 18.5 Å². The number of anilines is 1. The Labute approximate surface area is 195 Å². The van der Waals surface area contributed by atoms with Gasteiger partial charge in [-0.15, -0.1) is 0 Å². The van der Waals surface area contributed by atoms with Crippen molar-refractivity contribution in [1.82, 2.24) is 24.9 Å². The van der Waals surface area contributed by atoms with Crippen LogP contribution in [-0.2, 0) is 0 Å².